The second-order valence-corrected chi connectivity index (χ2v) is 8.71. The van der Waals surface area contributed by atoms with Gasteiger partial charge in [0.2, 0.25) is 5.95 Å². The molecular weight excluding hydrogens is 459 g/mol. The molecule has 33 heavy (non-hydrogen) atoms. The van der Waals surface area contributed by atoms with Gasteiger partial charge in [-0.25, -0.2) is 9.97 Å². The first-order chi connectivity index (χ1) is 15.5. The lowest BCUT2D eigenvalue weighted by molar-refractivity contribution is -0.138. The molecule has 0 saturated heterocycles. The normalized spacial score (nSPS) is 15.8. The van der Waals surface area contributed by atoms with Gasteiger partial charge >= 0.3 is 6.18 Å². The lowest BCUT2D eigenvalue weighted by Gasteiger charge is -2.26. The topological polar surface area (TPSA) is 123 Å². The van der Waals surface area contributed by atoms with Crippen LogP contribution in [0.4, 0.5) is 24.9 Å². The van der Waals surface area contributed by atoms with E-state index in [1.807, 2.05) is 24.3 Å². The molecule has 2 aromatic heterocycles. The van der Waals surface area contributed by atoms with Crippen LogP contribution < -0.4 is 10.6 Å². The number of hydrogen-bond acceptors (Lipinski definition) is 9. The Morgan fingerprint density at radius 2 is 1.79 bits per heavy atom. The minimum absolute atomic E-state index is 0.0118. The van der Waals surface area contributed by atoms with Gasteiger partial charge in [-0.05, 0) is 32.4 Å². The molecule has 3 aromatic rings. The fraction of sp³-hybridized carbons (Fsp3) is 0.476. The average Bonchev–Trinajstić information content (AvgIpc) is 3.17. The largest absolute Gasteiger partial charge is 0.408 e. The number of aliphatic hydroxyl groups excluding tert-OH is 3. The number of thiazole rings is 1. The minimum Gasteiger partial charge on any atom is -0.396 e. The molecule has 1 aromatic carbocycles. The number of aryl methyl sites for hydroxylation is 1. The molecule has 0 saturated carbocycles. The lowest BCUT2D eigenvalue weighted by atomic mass is 9.99. The molecule has 0 amide bonds. The van der Waals surface area contributed by atoms with E-state index in [0.717, 1.165) is 17.1 Å². The molecule has 3 rings (SSSR count). The Kier molecular flexibility index (Phi) is 7.73. The summed E-state index contributed by atoms with van der Waals surface area (Å²) in [7, 11) is 0. The summed E-state index contributed by atoms with van der Waals surface area (Å²) in [5, 5.41) is 35.8. The zero-order valence-corrected chi connectivity index (χ0v) is 19.1. The number of hydrogen-bond donors (Lipinski definition) is 5. The molecular formula is C21H26F3N5O3S. The fourth-order valence-electron chi connectivity index (χ4n) is 3.21. The highest BCUT2D eigenvalue weighted by atomic mass is 32.1. The molecule has 180 valence electrons. The van der Waals surface area contributed by atoms with Gasteiger partial charge in [0.1, 0.15) is 23.0 Å². The number of nitrogens with zero attached hydrogens (tertiary/aromatic N) is 3. The van der Waals surface area contributed by atoms with Gasteiger partial charge in [0, 0.05) is 12.5 Å². The lowest BCUT2D eigenvalue weighted by Crippen LogP contribution is -2.40. The van der Waals surface area contributed by atoms with Gasteiger partial charge in [0.05, 0.1) is 21.5 Å². The molecule has 8 nitrogen and oxygen atoms in total. The van der Waals surface area contributed by atoms with Crippen LogP contribution in [-0.2, 0) is 0 Å². The van der Waals surface area contributed by atoms with Crippen LogP contribution in [0.15, 0.2) is 24.3 Å². The van der Waals surface area contributed by atoms with E-state index >= 15 is 0 Å². The molecule has 0 bridgehead atoms. The Hall–Kier alpha value is -2.54. The van der Waals surface area contributed by atoms with Crippen molar-refractivity contribution in [2.24, 2.45) is 5.92 Å². The Morgan fingerprint density at radius 1 is 1.09 bits per heavy atom. The van der Waals surface area contributed by atoms with E-state index in [-0.39, 0.29) is 18.4 Å². The number of aliphatic hydroxyl groups is 3. The first-order valence-corrected chi connectivity index (χ1v) is 11.2. The van der Waals surface area contributed by atoms with Crippen molar-refractivity contribution in [2.75, 3.05) is 17.2 Å². The third-order valence-corrected chi connectivity index (χ3v) is 6.34. The second kappa shape index (κ2) is 10.2. The predicted molar refractivity (Wildman–Crippen MR) is 121 cm³/mol. The number of alkyl halides is 3. The van der Waals surface area contributed by atoms with Gasteiger partial charge in [-0.15, -0.1) is 11.3 Å². The summed E-state index contributed by atoms with van der Waals surface area (Å²) in [5.74, 6) is -0.887. The summed E-state index contributed by atoms with van der Waals surface area (Å²) < 4.78 is 40.0. The van der Waals surface area contributed by atoms with E-state index < -0.39 is 30.5 Å². The standard InChI is InChI=1S/C21H26F3N5O3S/c1-4-12(9-30)16(31)18(32)28-17-15(19-27-13-7-5-6-8-14(13)33-19)10(2)25-20(29-17)26-11(3)21(22,23)24/h5-8,11-12,16,18,30-32H,4,9H2,1-3H3,(H2,25,26,28,29)/t11-,12?,16-,18-/m1/s1. The SMILES string of the molecule is CCC(CO)[C@@H](O)[C@@H](O)Nc1nc(N[C@H](C)C(F)(F)F)nc(C)c1-c1nc2ccccc2s1. The van der Waals surface area contributed by atoms with Gasteiger partial charge in [-0.1, -0.05) is 19.1 Å². The van der Waals surface area contributed by atoms with Crippen LogP contribution >= 0.6 is 11.3 Å². The maximum absolute atomic E-state index is 13.0. The summed E-state index contributed by atoms with van der Waals surface area (Å²) >= 11 is 1.34. The Balaban J connectivity index is 2.05. The van der Waals surface area contributed by atoms with Crippen molar-refractivity contribution < 1.29 is 28.5 Å². The van der Waals surface area contributed by atoms with E-state index in [1.54, 1.807) is 13.8 Å². The van der Waals surface area contributed by atoms with E-state index in [0.29, 0.717) is 22.7 Å². The van der Waals surface area contributed by atoms with Crippen molar-refractivity contribution in [1.29, 1.82) is 0 Å². The third kappa shape index (κ3) is 5.69. The van der Waals surface area contributed by atoms with Gasteiger partial charge < -0.3 is 26.0 Å². The van der Waals surface area contributed by atoms with Gasteiger partial charge in [-0.3, -0.25) is 0 Å². The van der Waals surface area contributed by atoms with Gasteiger partial charge in [0.25, 0.3) is 0 Å². The van der Waals surface area contributed by atoms with Crippen LogP contribution in [0.3, 0.4) is 0 Å². The van der Waals surface area contributed by atoms with E-state index in [9.17, 15) is 28.5 Å². The highest BCUT2D eigenvalue weighted by Crippen LogP contribution is 2.37. The summed E-state index contributed by atoms with van der Waals surface area (Å²) in [6, 6.07) is 5.49. The van der Waals surface area contributed by atoms with E-state index in [4.69, 9.17) is 0 Å². The van der Waals surface area contributed by atoms with Crippen molar-refractivity contribution in [3.05, 3.63) is 30.0 Å². The Bertz CT molecular complexity index is 1060. The smallest absolute Gasteiger partial charge is 0.396 e. The highest BCUT2D eigenvalue weighted by molar-refractivity contribution is 7.21. The fourth-order valence-corrected chi connectivity index (χ4v) is 4.28. The van der Waals surface area contributed by atoms with Crippen LogP contribution in [0.5, 0.6) is 0 Å². The van der Waals surface area contributed by atoms with Crippen molar-refractivity contribution >= 4 is 33.3 Å². The number of aromatic nitrogens is 3. The zero-order chi connectivity index (χ0) is 24.3. The number of rotatable bonds is 9. The van der Waals surface area contributed by atoms with E-state index in [1.165, 1.54) is 11.3 Å². The van der Waals surface area contributed by atoms with E-state index in [2.05, 4.69) is 25.6 Å². The summed E-state index contributed by atoms with van der Waals surface area (Å²) in [4.78, 5) is 12.9. The van der Waals surface area contributed by atoms with Crippen LogP contribution in [0, 0.1) is 12.8 Å². The van der Waals surface area contributed by atoms with Gasteiger partial charge in [-0.2, -0.15) is 18.2 Å². The Labute approximate surface area is 192 Å². The maximum atomic E-state index is 13.0. The van der Waals surface area contributed by atoms with Crippen LogP contribution in [0.2, 0.25) is 0 Å². The number of anilines is 2. The predicted octanol–water partition coefficient (Wildman–Crippen LogP) is 3.53. The maximum Gasteiger partial charge on any atom is 0.408 e. The van der Waals surface area contributed by atoms with Crippen molar-refractivity contribution in [3.63, 3.8) is 0 Å². The second-order valence-electron chi connectivity index (χ2n) is 7.68. The third-order valence-electron chi connectivity index (χ3n) is 5.28. The number of fused-ring (bicyclic) bond motifs is 1. The molecule has 0 aliphatic heterocycles. The molecule has 2 heterocycles. The first kappa shape index (κ1) is 25.1. The Morgan fingerprint density at radius 3 is 2.39 bits per heavy atom. The van der Waals surface area contributed by atoms with Gasteiger partial charge in [0.15, 0.2) is 6.23 Å². The summed E-state index contributed by atoms with van der Waals surface area (Å²) in [5.41, 5.74) is 1.45. The molecule has 1 unspecified atom stereocenters. The van der Waals surface area contributed by atoms with Crippen LogP contribution in [0.1, 0.15) is 26.0 Å². The van der Waals surface area contributed by atoms with Crippen molar-refractivity contribution in [2.45, 2.75) is 51.7 Å². The highest BCUT2D eigenvalue weighted by Gasteiger charge is 2.37. The molecule has 0 radical (unpaired) electrons. The molecule has 5 N–H and O–H groups in total. The van der Waals surface area contributed by atoms with Crippen LogP contribution in [0.25, 0.3) is 20.8 Å². The monoisotopic (exact) mass is 485 g/mol. The molecule has 0 spiro atoms. The molecule has 12 heteroatoms. The minimum atomic E-state index is -4.51. The quantitative estimate of drug-likeness (QED) is 0.292. The zero-order valence-electron chi connectivity index (χ0n) is 18.3. The number of para-hydroxylation sites is 1. The van der Waals surface area contributed by atoms with Crippen LogP contribution in [-0.4, -0.2) is 61.4 Å². The number of halogens is 3. The summed E-state index contributed by atoms with van der Waals surface area (Å²) in [6.07, 6.45) is -7.00. The molecule has 4 atom stereocenters. The summed E-state index contributed by atoms with van der Waals surface area (Å²) in [6.45, 7) is 3.95. The number of nitrogens with one attached hydrogen (secondary N) is 2. The molecule has 0 aliphatic carbocycles. The van der Waals surface area contributed by atoms with Crippen molar-refractivity contribution in [3.8, 4) is 10.6 Å². The average molecular weight is 486 g/mol. The molecule has 0 fully saturated rings. The van der Waals surface area contributed by atoms with Crippen molar-refractivity contribution in [1.82, 2.24) is 15.0 Å². The number of benzene rings is 1. The first-order valence-electron chi connectivity index (χ1n) is 10.4. The molecule has 0 aliphatic rings.